The topological polar surface area (TPSA) is 188 Å². The number of carbonyl (C=O) groups is 4. The van der Waals surface area contributed by atoms with Crippen molar-refractivity contribution in [3.63, 3.8) is 0 Å². The van der Waals surface area contributed by atoms with Crippen LogP contribution in [0.4, 0.5) is 22.7 Å². The molecule has 8 aromatic carbocycles. The summed E-state index contributed by atoms with van der Waals surface area (Å²) in [5.41, 5.74) is 8.51. The van der Waals surface area contributed by atoms with Crippen molar-refractivity contribution in [2.24, 2.45) is 5.41 Å². The highest BCUT2D eigenvalue weighted by Gasteiger charge is 2.40. The Balaban J connectivity index is 0.916. The Bertz CT molecular complexity index is 3830. The maximum atomic E-state index is 14.9. The molecule has 0 unspecified atom stereocenters. The third-order valence-corrected chi connectivity index (χ3v) is 15.1. The van der Waals surface area contributed by atoms with Crippen LogP contribution >= 0.6 is 50.5 Å². The van der Waals surface area contributed by atoms with Gasteiger partial charge in [-0.25, -0.2) is 19.9 Å². The van der Waals surface area contributed by atoms with Crippen molar-refractivity contribution < 1.29 is 19.2 Å². The molecule has 0 fully saturated rings. The lowest BCUT2D eigenvalue weighted by Crippen LogP contribution is -2.38. The van der Waals surface area contributed by atoms with Gasteiger partial charge in [0.1, 0.15) is 0 Å². The first-order valence-corrected chi connectivity index (χ1v) is 27.4. The Morgan fingerprint density at radius 3 is 0.741 bits per heavy atom. The van der Waals surface area contributed by atoms with E-state index in [1.54, 1.807) is 72.8 Å². The van der Waals surface area contributed by atoms with E-state index in [0.29, 0.717) is 87.5 Å². The van der Waals surface area contributed by atoms with Crippen LogP contribution in [0.2, 0.25) is 0 Å². The molecule has 4 heterocycles. The van der Waals surface area contributed by atoms with Crippen LogP contribution in [0.15, 0.2) is 215 Å². The molecule has 0 radical (unpaired) electrons. The SMILES string of the molecule is O=C(CC(CC(=O)Nc1ccc2nc(S)n(-c3ccccc3)c2c1)(CC(=O)Nc1ccc2nc(S)n(-c3ccccc3)c2c1)CC(=O)Nc1ccc2nc(S)n(-c3ccccc3)c2c1)Nc1ccc2nc(S)n(-c3ccccc3)c2c1. The molecule has 16 nitrogen and oxygen atoms in total. The molecule has 0 saturated heterocycles. The summed E-state index contributed by atoms with van der Waals surface area (Å²) in [5, 5.41) is 13.9. The largest absolute Gasteiger partial charge is 0.326 e. The van der Waals surface area contributed by atoms with Gasteiger partial charge < -0.3 is 21.3 Å². The molecule has 0 saturated carbocycles. The molecule has 12 rings (SSSR count). The molecular weight excluding hydrogens is 1090 g/mol. The fourth-order valence-electron chi connectivity index (χ4n) is 10.4. The van der Waals surface area contributed by atoms with Gasteiger partial charge in [-0.1, -0.05) is 72.8 Å². The number of aromatic nitrogens is 8. The Labute approximate surface area is 485 Å². The minimum Gasteiger partial charge on any atom is -0.326 e. The van der Waals surface area contributed by atoms with E-state index in [4.69, 9.17) is 0 Å². The van der Waals surface area contributed by atoms with Crippen LogP contribution in [-0.2, 0) is 19.2 Å². The van der Waals surface area contributed by atoms with E-state index >= 15 is 0 Å². The van der Waals surface area contributed by atoms with Gasteiger partial charge >= 0.3 is 0 Å². The number of nitrogens with zero attached hydrogens (tertiary/aromatic N) is 8. The lowest BCUT2D eigenvalue weighted by atomic mass is 9.74. The number of hydrogen-bond acceptors (Lipinski definition) is 12. The molecule has 4 N–H and O–H groups in total. The normalized spacial score (nSPS) is 11.6. The number of nitrogens with one attached hydrogen (secondary N) is 4. The Morgan fingerprint density at radius 2 is 0.531 bits per heavy atom. The number of anilines is 4. The van der Waals surface area contributed by atoms with Gasteiger partial charge in [-0.05, 0) is 121 Å². The highest BCUT2D eigenvalue weighted by molar-refractivity contribution is 7.80. The molecule has 4 amide bonds. The summed E-state index contributed by atoms with van der Waals surface area (Å²) >= 11 is 18.7. The molecule has 12 aromatic rings. The molecule has 0 aliphatic carbocycles. The lowest BCUT2D eigenvalue weighted by Gasteiger charge is -2.32. The number of rotatable bonds is 16. The molecule has 0 spiro atoms. The van der Waals surface area contributed by atoms with Gasteiger partial charge in [0.05, 0.1) is 44.1 Å². The highest BCUT2D eigenvalue weighted by atomic mass is 32.1. The zero-order valence-corrected chi connectivity index (χ0v) is 46.4. The monoisotopic (exact) mass is 1140 g/mol. The van der Waals surface area contributed by atoms with Crippen LogP contribution in [0.1, 0.15) is 25.7 Å². The lowest BCUT2D eigenvalue weighted by molar-refractivity contribution is -0.127. The first-order chi connectivity index (χ1) is 39.3. The average molecular weight is 1140 g/mol. The summed E-state index contributed by atoms with van der Waals surface area (Å²) in [6, 6.07) is 59.4. The fourth-order valence-corrected chi connectivity index (χ4v) is 11.8. The van der Waals surface area contributed by atoms with Crippen molar-refractivity contribution in [2.75, 3.05) is 21.3 Å². The predicted molar refractivity (Wildman–Crippen MR) is 329 cm³/mol. The minimum absolute atomic E-state index is 0.413. The smallest absolute Gasteiger partial charge is 0.224 e. The number of benzene rings is 8. The molecule has 4 aromatic heterocycles. The van der Waals surface area contributed by atoms with Gasteiger partial charge in [0, 0.05) is 76.6 Å². The van der Waals surface area contributed by atoms with E-state index < -0.39 is 54.7 Å². The molecule has 0 bridgehead atoms. The van der Waals surface area contributed by atoms with Crippen molar-refractivity contribution in [1.82, 2.24) is 38.2 Å². The van der Waals surface area contributed by atoms with Gasteiger partial charge in [0.2, 0.25) is 23.6 Å². The van der Waals surface area contributed by atoms with Crippen LogP contribution < -0.4 is 21.3 Å². The van der Waals surface area contributed by atoms with E-state index in [2.05, 4.69) is 91.7 Å². The van der Waals surface area contributed by atoms with Gasteiger partial charge in [-0.15, -0.1) is 50.5 Å². The fraction of sp³-hybridized carbons (Fsp3) is 0.0820. The third-order valence-electron chi connectivity index (χ3n) is 13.9. The van der Waals surface area contributed by atoms with Crippen molar-refractivity contribution in [2.45, 2.75) is 46.3 Å². The standard InChI is InChI=1S/C61H48N12O4S4/c74-53(62-37-21-25-45-49(29-37)70(57(78)66-45)41-13-5-1-6-14-41)33-61(34-54(75)63-38-22-26-46-50(30-38)71(58(79)67-46)42-15-7-2-8-16-42,35-55(76)64-39-23-27-47-51(31-39)72(59(80)68-47)43-17-9-3-10-18-43)36-56(77)65-40-24-28-48-52(32-40)73(60(81)69-48)44-19-11-4-12-20-44/h1-32H,33-36H2,(H,62,74)(H,63,75)(H,64,76)(H,65,77)(H,66,78)(H,67,79)(H,68,80)(H,69,81). The summed E-state index contributed by atoms with van der Waals surface area (Å²) < 4.78 is 7.45. The number of para-hydroxylation sites is 4. The minimum atomic E-state index is -1.67. The van der Waals surface area contributed by atoms with Gasteiger partial charge in [0.25, 0.3) is 0 Å². The predicted octanol–water partition coefficient (Wildman–Crippen LogP) is 12.6. The second-order valence-electron chi connectivity index (χ2n) is 19.5. The van der Waals surface area contributed by atoms with E-state index in [0.717, 1.165) is 22.7 Å². The average Bonchev–Trinajstić information content (AvgIpc) is 4.36. The van der Waals surface area contributed by atoms with E-state index in [1.165, 1.54) is 0 Å². The number of hydrogen-bond donors (Lipinski definition) is 8. The number of carbonyl (C=O) groups excluding carboxylic acids is 4. The van der Waals surface area contributed by atoms with E-state index in [-0.39, 0.29) is 0 Å². The van der Waals surface area contributed by atoms with E-state index in [9.17, 15) is 19.2 Å². The van der Waals surface area contributed by atoms with Crippen LogP contribution in [0, 0.1) is 5.41 Å². The van der Waals surface area contributed by atoms with Gasteiger partial charge in [-0.2, -0.15) is 0 Å². The summed E-state index contributed by atoms with van der Waals surface area (Å²) in [7, 11) is 0. The first kappa shape index (κ1) is 52.6. The Kier molecular flexibility index (Phi) is 14.4. The zero-order chi connectivity index (χ0) is 55.8. The van der Waals surface area contributed by atoms with Gasteiger partial charge in [0.15, 0.2) is 20.6 Å². The first-order valence-electron chi connectivity index (χ1n) is 25.6. The summed E-state index contributed by atoms with van der Waals surface area (Å²) in [4.78, 5) is 78.2. The molecule has 81 heavy (non-hydrogen) atoms. The highest BCUT2D eigenvalue weighted by Crippen LogP contribution is 2.39. The van der Waals surface area contributed by atoms with Crippen molar-refractivity contribution in [3.05, 3.63) is 194 Å². The molecule has 20 heteroatoms. The maximum Gasteiger partial charge on any atom is 0.224 e. The second-order valence-corrected chi connectivity index (χ2v) is 21.1. The van der Waals surface area contributed by atoms with Crippen molar-refractivity contribution >= 4 is 141 Å². The van der Waals surface area contributed by atoms with Crippen LogP contribution in [-0.4, -0.2) is 61.8 Å². The quantitative estimate of drug-likeness (QED) is 0.0439. The summed E-state index contributed by atoms with van der Waals surface area (Å²) in [6.45, 7) is 0. The number of thiol groups is 4. The van der Waals surface area contributed by atoms with Crippen LogP contribution in [0.5, 0.6) is 0 Å². The van der Waals surface area contributed by atoms with Crippen molar-refractivity contribution in [3.8, 4) is 22.7 Å². The van der Waals surface area contributed by atoms with Gasteiger partial charge in [-0.3, -0.25) is 37.4 Å². The van der Waals surface area contributed by atoms with Crippen molar-refractivity contribution in [1.29, 1.82) is 0 Å². The number of imidazole rings is 4. The molecule has 0 aliphatic heterocycles. The number of amides is 4. The summed E-state index contributed by atoms with van der Waals surface area (Å²) in [6.07, 6.45) is -1.82. The Morgan fingerprint density at radius 1 is 0.321 bits per heavy atom. The van der Waals surface area contributed by atoms with Crippen LogP contribution in [0.3, 0.4) is 0 Å². The van der Waals surface area contributed by atoms with Crippen LogP contribution in [0.25, 0.3) is 66.9 Å². The zero-order valence-electron chi connectivity index (χ0n) is 42.8. The third kappa shape index (κ3) is 11.0. The maximum absolute atomic E-state index is 14.9. The number of fused-ring (bicyclic) bond motifs is 4. The van der Waals surface area contributed by atoms with E-state index in [1.807, 2.05) is 140 Å². The molecule has 0 atom stereocenters. The molecular formula is C61H48N12O4S4. The molecule has 0 aliphatic rings. The molecule has 400 valence electrons. The Hall–Kier alpha value is -9.08. The second kappa shape index (κ2) is 22.2. The summed E-state index contributed by atoms with van der Waals surface area (Å²) in [5.74, 6) is -2.23.